The van der Waals surface area contributed by atoms with Gasteiger partial charge in [0.05, 0.1) is 5.69 Å². The molecule has 2 aromatic carbocycles. The highest BCUT2D eigenvalue weighted by Crippen LogP contribution is 2.12. The number of hydrogen-bond acceptors (Lipinski definition) is 2. The Morgan fingerprint density at radius 2 is 1.65 bits per heavy atom. The molecule has 0 aliphatic heterocycles. The normalized spacial score (nSPS) is 11.3. The van der Waals surface area contributed by atoms with Crippen molar-refractivity contribution in [3.63, 3.8) is 0 Å². The van der Waals surface area contributed by atoms with Gasteiger partial charge in [-0.2, -0.15) is 5.10 Å². The summed E-state index contributed by atoms with van der Waals surface area (Å²) in [6.07, 6.45) is 0. The molecular weight excluding hydrogens is 232 g/mol. The second-order valence-electron chi connectivity index (χ2n) is 3.70. The van der Waals surface area contributed by atoms with E-state index in [1.54, 1.807) is 0 Å². The minimum absolute atomic E-state index is 0.465. The van der Waals surface area contributed by atoms with Crippen LogP contribution in [0.2, 0.25) is 0 Å². The zero-order valence-corrected chi connectivity index (χ0v) is 10.3. The van der Waals surface area contributed by atoms with Crippen LogP contribution in [-0.4, -0.2) is 5.17 Å². The molecule has 0 atom stereocenters. The number of hydrogen-bond donors (Lipinski definition) is 1. The number of para-hydroxylation sites is 1. The second kappa shape index (κ2) is 5.51. The minimum atomic E-state index is 0.465. The molecule has 0 radical (unpaired) electrons. The van der Waals surface area contributed by atoms with E-state index in [0.717, 1.165) is 16.8 Å². The van der Waals surface area contributed by atoms with Crippen molar-refractivity contribution in [3.8, 4) is 0 Å². The second-order valence-corrected chi connectivity index (χ2v) is 4.05. The first-order valence-electron chi connectivity index (χ1n) is 5.37. The summed E-state index contributed by atoms with van der Waals surface area (Å²) in [6, 6.07) is 17.6. The average Bonchev–Trinajstić information content (AvgIpc) is 2.38. The maximum absolute atomic E-state index is 6.15. The molecule has 17 heavy (non-hydrogen) atoms. The lowest BCUT2D eigenvalue weighted by atomic mass is 10.1. The summed E-state index contributed by atoms with van der Waals surface area (Å²) in [5.41, 5.74) is 5.89. The number of benzene rings is 2. The third kappa shape index (κ3) is 3.08. The van der Waals surface area contributed by atoms with Gasteiger partial charge in [-0.05, 0) is 24.6 Å². The fourth-order valence-electron chi connectivity index (χ4n) is 1.49. The quantitative estimate of drug-likeness (QED) is 0.640. The van der Waals surface area contributed by atoms with Crippen molar-refractivity contribution in [2.75, 3.05) is 5.43 Å². The topological polar surface area (TPSA) is 24.4 Å². The number of anilines is 1. The number of hydrazone groups is 1. The van der Waals surface area contributed by atoms with Gasteiger partial charge in [-0.1, -0.05) is 54.1 Å². The smallest absolute Gasteiger partial charge is 0.156 e. The Morgan fingerprint density at radius 1 is 1.00 bits per heavy atom. The summed E-state index contributed by atoms with van der Waals surface area (Å²) in [4.78, 5) is 0. The molecule has 0 fully saturated rings. The van der Waals surface area contributed by atoms with Crippen LogP contribution in [0.4, 0.5) is 5.69 Å². The molecule has 0 heterocycles. The summed E-state index contributed by atoms with van der Waals surface area (Å²) >= 11 is 6.15. The van der Waals surface area contributed by atoms with Gasteiger partial charge in [0.1, 0.15) is 0 Å². The van der Waals surface area contributed by atoms with E-state index in [1.165, 1.54) is 0 Å². The molecule has 0 saturated carbocycles. The van der Waals surface area contributed by atoms with E-state index < -0.39 is 0 Å². The van der Waals surface area contributed by atoms with E-state index in [9.17, 15) is 0 Å². The molecular formula is C14H13ClN2. The Labute approximate surface area is 106 Å². The Morgan fingerprint density at radius 3 is 2.35 bits per heavy atom. The molecule has 2 aromatic rings. The van der Waals surface area contributed by atoms with E-state index in [1.807, 2.05) is 61.5 Å². The lowest BCUT2D eigenvalue weighted by Crippen LogP contribution is -1.99. The standard InChI is InChI=1S/C14H13ClN2/c1-11-7-5-6-10-13(11)14(15)17-16-12-8-3-2-4-9-12/h2-10,16H,1H3. The minimum Gasteiger partial charge on any atom is -0.277 e. The molecule has 2 rings (SSSR count). The zero-order chi connectivity index (χ0) is 12.1. The summed E-state index contributed by atoms with van der Waals surface area (Å²) in [5.74, 6) is 0. The first-order chi connectivity index (χ1) is 8.27. The maximum Gasteiger partial charge on any atom is 0.156 e. The van der Waals surface area contributed by atoms with Crippen molar-refractivity contribution in [2.24, 2.45) is 5.10 Å². The highest BCUT2D eigenvalue weighted by Gasteiger charge is 2.02. The van der Waals surface area contributed by atoms with Gasteiger partial charge in [0.15, 0.2) is 5.17 Å². The number of rotatable bonds is 3. The van der Waals surface area contributed by atoms with Crippen molar-refractivity contribution in [3.05, 3.63) is 65.7 Å². The Bertz CT molecular complexity index is 521. The van der Waals surface area contributed by atoms with Crippen LogP contribution in [-0.2, 0) is 0 Å². The monoisotopic (exact) mass is 244 g/mol. The predicted molar refractivity (Wildman–Crippen MR) is 73.6 cm³/mol. The van der Waals surface area contributed by atoms with Gasteiger partial charge >= 0.3 is 0 Å². The molecule has 0 amide bonds. The molecule has 0 aliphatic carbocycles. The van der Waals surface area contributed by atoms with Crippen LogP contribution in [0.5, 0.6) is 0 Å². The van der Waals surface area contributed by atoms with Crippen LogP contribution in [0.25, 0.3) is 0 Å². The molecule has 0 aliphatic rings. The largest absolute Gasteiger partial charge is 0.277 e. The van der Waals surface area contributed by atoms with Gasteiger partial charge in [0.25, 0.3) is 0 Å². The Kier molecular flexibility index (Phi) is 3.78. The van der Waals surface area contributed by atoms with Gasteiger partial charge in [0, 0.05) is 5.56 Å². The first kappa shape index (κ1) is 11.7. The summed E-state index contributed by atoms with van der Waals surface area (Å²) in [5, 5.41) is 4.62. The number of nitrogens with zero attached hydrogens (tertiary/aromatic N) is 1. The molecule has 0 spiro atoms. The van der Waals surface area contributed by atoms with E-state index in [2.05, 4.69) is 10.5 Å². The van der Waals surface area contributed by atoms with Gasteiger partial charge in [-0.25, -0.2) is 0 Å². The van der Waals surface area contributed by atoms with Crippen LogP contribution >= 0.6 is 11.6 Å². The molecule has 2 nitrogen and oxygen atoms in total. The van der Waals surface area contributed by atoms with Crippen molar-refractivity contribution >= 4 is 22.5 Å². The zero-order valence-electron chi connectivity index (χ0n) is 9.52. The summed E-state index contributed by atoms with van der Waals surface area (Å²) < 4.78 is 0. The third-order valence-electron chi connectivity index (χ3n) is 2.42. The number of nitrogens with one attached hydrogen (secondary N) is 1. The van der Waals surface area contributed by atoms with Crippen LogP contribution in [0.1, 0.15) is 11.1 Å². The van der Waals surface area contributed by atoms with Crippen LogP contribution in [0, 0.1) is 6.92 Å². The molecule has 3 heteroatoms. The molecule has 0 bridgehead atoms. The highest BCUT2D eigenvalue weighted by atomic mass is 35.5. The lowest BCUT2D eigenvalue weighted by molar-refractivity contribution is 1.33. The van der Waals surface area contributed by atoms with Crippen LogP contribution in [0.15, 0.2) is 59.7 Å². The van der Waals surface area contributed by atoms with Crippen molar-refractivity contribution in [1.82, 2.24) is 0 Å². The summed E-state index contributed by atoms with van der Waals surface area (Å²) in [6.45, 7) is 2.01. The van der Waals surface area contributed by atoms with E-state index in [0.29, 0.717) is 5.17 Å². The summed E-state index contributed by atoms with van der Waals surface area (Å²) in [7, 11) is 0. The van der Waals surface area contributed by atoms with E-state index >= 15 is 0 Å². The average molecular weight is 245 g/mol. The fourth-order valence-corrected chi connectivity index (χ4v) is 1.75. The molecule has 0 unspecified atom stereocenters. The van der Waals surface area contributed by atoms with E-state index in [-0.39, 0.29) is 0 Å². The predicted octanol–water partition coefficient (Wildman–Crippen LogP) is 4.01. The van der Waals surface area contributed by atoms with Gasteiger partial charge in [-0.15, -0.1) is 0 Å². The van der Waals surface area contributed by atoms with Crippen LogP contribution < -0.4 is 5.43 Å². The highest BCUT2D eigenvalue weighted by molar-refractivity contribution is 6.69. The van der Waals surface area contributed by atoms with Crippen molar-refractivity contribution in [1.29, 1.82) is 0 Å². The van der Waals surface area contributed by atoms with Gasteiger partial charge in [0.2, 0.25) is 0 Å². The molecule has 0 saturated heterocycles. The third-order valence-corrected chi connectivity index (χ3v) is 2.71. The van der Waals surface area contributed by atoms with Crippen LogP contribution in [0.3, 0.4) is 0 Å². The van der Waals surface area contributed by atoms with Gasteiger partial charge in [-0.3, -0.25) is 5.43 Å². The molecule has 0 aromatic heterocycles. The van der Waals surface area contributed by atoms with Crippen molar-refractivity contribution in [2.45, 2.75) is 6.92 Å². The first-order valence-corrected chi connectivity index (χ1v) is 5.75. The van der Waals surface area contributed by atoms with E-state index in [4.69, 9.17) is 11.6 Å². The van der Waals surface area contributed by atoms with Crippen molar-refractivity contribution < 1.29 is 0 Å². The number of aryl methyl sites for hydroxylation is 1. The molecule has 1 N–H and O–H groups in total. The lowest BCUT2D eigenvalue weighted by Gasteiger charge is -2.04. The number of halogens is 1. The van der Waals surface area contributed by atoms with Gasteiger partial charge < -0.3 is 0 Å². The maximum atomic E-state index is 6.15. The SMILES string of the molecule is Cc1ccccc1C(Cl)=NNc1ccccc1. The fraction of sp³-hybridized carbons (Fsp3) is 0.0714. The molecule has 86 valence electrons. The Balaban J connectivity index is 2.16. The Hall–Kier alpha value is -1.80.